The first kappa shape index (κ1) is 31.9. The highest BCUT2D eigenvalue weighted by atomic mass is 16.3. The van der Waals surface area contributed by atoms with Gasteiger partial charge in [0.15, 0.2) is 17.5 Å². The van der Waals surface area contributed by atoms with Gasteiger partial charge >= 0.3 is 0 Å². The third-order valence-corrected chi connectivity index (χ3v) is 10.5. The van der Waals surface area contributed by atoms with Crippen LogP contribution in [0.1, 0.15) is 0 Å². The molecule has 0 saturated carbocycles. The summed E-state index contributed by atoms with van der Waals surface area (Å²) in [5.74, 6) is 1.73. The third kappa shape index (κ3) is 5.45. The van der Waals surface area contributed by atoms with E-state index >= 15 is 0 Å². The molecule has 0 N–H and O–H groups in total. The molecule has 0 radical (unpaired) electrons. The zero-order valence-electron chi connectivity index (χ0n) is 30.1. The van der Waals surface area contributed by atoms with Gasteiger partial charge in [-0.1, -0.05) is 140 Å². The molecule has 5 heteroatoms. The quantitative estimate of drug-likeness (QED) is 0.171. The Balaban J connectivity index is 1.21. The van der Waals surface area contributed by atoms with Gasteiger partial charge in [0.25, 0.3) is 0 Å². The first-order chi connectivity index (χ1) is 27.7. The molecular formula is C51H31N3O2. The van der Waals surface area contributed by atoms with Gasteiger partial charge in [0.2, 0.25) is 0 Å². The van der Waals surface area contributed by atoms with Crippen molar-refractivity contribution in [3.8, 4) is 67.5 Å². The van der Waals surface area contributed by atoms with Crippen LogP contribution in [0.5, 0.6) is 0 Å². The first-order valence-corrected chi connectivity index (χ1v) is 18.7. The normalized spacial score (nSPS) is 11.6. The molecule has 8 aromatic carbocycles. The second-order valence-corrected chi connectivity index (χ2v) is 14.0. The van der Waals surface area contributed by atoms with Gasteiger partial charge in [-0.25, -0.2) is 15.0 Å². The number of furan rings is 2. The molecule has 0 aliphatic carbocycles. The van der Waals surface area contributed by atoms with Gasteiger partial charge in [0.1, 0.15) is 22.3 Å². The minimum Gasteiger partial charge on any atom is -0.456 e. The summed E-state index contributed by atoms with van der Waals surface area (Å²) < 4.78 is 12.6. The van der Waals surface area contributed by atoms with E-state index in [2.05, 4.69) is 109 Å². The van der Waals surface area contributed by atoms with Gasteiger partial charge in [0, 0.05) is 43.8 Å². The van der Waals surface area contributed by atoms with E-state index in [0.717, 1.165) is 93.9 Å². The molecule has 11 rings (SSSR count). The maximum absolute atomic E-state index is 6.32. The van der Waals surface area contributed by atoms with Crippen LogP contribution in [0.25, 0.3) is 111 Å². The molecule has 262 valence electrons. The highest BCUT2D eigenvalue weighted by Gasteiger charge is 2.22. The lowest BCUT2D eigenvalue weighted by Crippen LogP contribution is -2.02. The lowest BCUT2D eigenvalue weighted by atomic mass is 9.86. The van der Waals surface area contributed by atoms with E-state index in [1.807, 2.05) is 78.9 Å². The summed E-state index contributed by atoms with van der Waals surface area (Å²) in [4.78, 5) is 15.7. The van der Waals surface area contributed by atoms with Crippen molar-refractivity contribution in [3.63, 3.8) is 0 Å². The Labute approximate surface area is 322 Å². The summed E-state index contributed by atoms with van der Waals surface area (Å²) in [6.45, 7) is 0. The number of hydrogen-bond donors (Lipinski definition) is 0. The predicted molar refractivity (Wildman–Crippen MR) is 227 cm³/mol. The minimum absolute atomic E-state index is 0.563. The molecule has 0 bridgehead atoms. The Kier molecular flexibility index (Phi) is 7.42. The average molecular weight is 718 g/mol. The molecule has 0 aliphatic rings. The monoisotopic (exact) mass is 717 g/mol. The van der Waals surface area contributed by atoms with E-state index < -0.39 is 0 Å². The summed E-state index contributed by atoms with van der Waals surface area (Å²) in [6, 6.07) is 64.7. The fraction of sp³-hybridized carbons (Fsp3) is 0. The van der Waals surface area contributed by atoms with E-state index in [9.17, 15) is 0 Å². The van der Waals surface area contributed by atoms with Crippen molar-refractivity contribution >= 4 is 43.9 Å². The second kappa shape index (κ2) is 13.0. The van der Waals surface area contributed by atoms with Crippen molar-refractivity contribution in [1.29, 1.82) is 0 Å². The highest BCUT2D eigenvalue weighted by Crippen LogP contribution is 2.44. The summed E-state index contributed by atoms with van der Waals surface area (Å²) in [7, 11) is 0. The highest BCUT2D eigenvalue weighted by molar-refractivity contribution is 6.08. The molecule has 11 aromatic rings. The predicted octanol–water partition coefficient (Wildman–Crippen LogP) is 13.7. The topological polar surface area (TPSA) is 65.0 Å². The van der Waals surface area contributed by atoms with E-state index in [1.165, 1.54) is 0 Å². The van der Waals surface area contributed by atoms with Crippen molar-refractivity contribution in [1.82, 2.24) is 15.0 Å². The van der Waals surface area contributed by atoms with E-state index in [0.29, 0.717) is 17.5 Å². The van der Waals surface area contributed by atoms with Crippen LogP contribution >= 0.6 is 0 Å². The first-order valence-electron chi connectivity index (χ1n) is 18.7. The molecule has 3 heterocycles. The van der Waals surface area contributed by atoms with Crippen LogP contribution in [0.2, 0.25) is 0 Å². The Hall–Kier alpha value is -7.63. The van der Waals surface area contributed by atoms with Crippen molar-refractivity contribution in [2.45, 2.75) is 0 Å². The molecule has 0 spiro atoms. The van der Waals surface area contributed by atoms with Gasteiger partial charge in [0.05, 0.1) is 0 Å². The lowest BCUT2D eigenvalue weighted by Gasteiger charge is -2.19. The summed E-state index contributed by atoms with van der Waals surface area (Å²) in [6.07, 6.45) is 0. The lowest BCUT2D eigenvalue weighted by molar-refractivity contribution is 0.668. The van der Waals surface area contributed by atoms with Crippen molar-refractivity contribution in [2.24, 2.45) is 0 Å². The maximum Gasteiger partial charge on any atom is 0.164 e. The molecule has 0 unspecified atom stereocenters. The zero-order chi connectivity index (χ0) is 37.0. The average Bonchev–Trinajstić information content (AvgIpc) is 3.84. The van der Waals surface area contributed by atoms with Crippen LogP contribution < -0.4 is 0 Å². The number of fused-ring (bicyclic) bond motifs is 6. The van der Waals surface area contributed by atoms with Gasteiger partial charge < -0.3 is 8.83 Å². The molecule has 0 aliphatic heterocycles. The molecule has 56 heavy (non-hydrogen) atoms. The molecule has 0 saturated heterocycles. The van der Waals surface area contributed by atoms with Gasteiger partial charge in [-0.2, -0.15) is 0 Å². The summed E-state index contributed by atoms with van der Waals surface area (Å²) in [5.41, 5.74) is 12.4. The molecule has 3 aromatic heterocycles. The summed E-state index contributed by atoms with van der Waals surface area (Å²) in [5, 5.41) is 4.28. The number of hydrogen-bond acceptors (Lipinski definition) is 5. The van der Waals surface area contributed by atoms with Gasteiger partial charge in [-0.15, -0.1) is 0 Å². The number of aromatic nitrogens is 3. The number of para-hydroxylation sites is 2. The fourth-order valence-electron chi connectivity index (χ4n) is 7.86. The van der Waals surface area contributed by atoms with Crippen molar-refractivity contribution < 1.29 is 8.83 Å². The largest absolute Gasteiger partial charge is 0.456 e. The van der Waals surface area contributed by atoms with E-state index in [1.54, 1.807) is 0 Å². The fourth-order valence-corrected chi connectivity index (χ4v) is 7.86. The number of nitrogens with zero attached hydrogens (tertiary/aromatic N) is 3. The van der Waals surface area contributed by atoms with Gasteiger partial charge in [-0.05, 0) is 76.3 Å². The maximum atomic E-state index is 6.32. The second-order valence-electron chi connectivity index (χ2n) is 14.0. The molecule has 5 nitrogen and oxygen atoms in total. The zero-order valence-corrected chi connectivity index (χ0v) is 30.1. The Morgan fingerprint density at radius 3 is 1.48 bits per heavy atom. The van der Waals surface area contributed by atoms with Crippen LogP contribution in [-0.4, -0.2) is 15.0 Å². The van der Waals surface area contributed by atoms with Gasteiger partial charge in [-0.3, -0.25) is 0 Å². The minimum atomic E-state index is 0.563. The Morgan fingerprint density at radius 2 is 0.768 bits per heavy atom. The number of benzene rings is 8. The Morgan fingerprint density at radius 1 is 0.268 bits per heavy atom. The van der Waals surface area contributed by atoms with Crippen LogP contribution in [0.4, 0.5) is 0 Å². The molecule has 0 fully saturated rings. The SMILES string of the molecule is c1ccc(-c2cc(-c3ccc4oc5ccccc5c4c3)c(-c3ccccc3)c(-c3nc(-c4ccccc4)nc(-c4ccc5c(c4)oc4ccccc45)n3)c2)cc1. The number of rotatable bonds is 6. The molecular weight excluding hydrogens is 687 g/mol. The van der Waals surface area contributed by atoms with Crippen molar-refractivity contribution in [3.05, 3.63) is 188 Å². The smallest absolute Gasteiger partial charge is 0.164 e. The molecule has 0 atom stereocenters. The van der Waals surface area contributed by atoms with Crippen LogP contribution in [0, 0.1) is 0 Å². The van der Waals surface area contributed by atoms with E-state index in [4.69, 9.17) is 23.8 Å². The van der Waals surface area contributed by atoms with E-state index in [-0.39, 0.29) is 0 Å². The standard InChI is InChI=1S/C51H31N3O2/c1-4-14-32(15-5-1)37-29-41(35-25-27-46-42(28-35)39-21-11-13-23-45(39)55-46)48(33-16-6-2-7-17-33)43(30-37)51-53-49(34-18-8-3-9-19-34)52-50(54-51)36-24-26-40-38-20-10-12-22-44(38)56-47(40)31-36/h1-31H. The Bertz CT molecular complexity index is 3240. The summed E-state index contributed by atoms with van der Waals surface area (Å²) >= 11 is 0. The van der Waals surface area contributed by atoms with Crippen LogP contribution in [0.3, 0.4) is 0 Å². The van der Waals surface area contributed by atoms with Crippen molar-refractivity contribution in [2.75, 3.05) is 0 Å². The third-order valence-electron chi connectivity index (χ3n) is 10.5. The molecule has 0 amide bonds. The van der Waals surface area contributed by atoms with Crippen LogP contribution in [-0.2, 0) is 0 Å². The van der Waals surface area contributed by atoms with Crippen LogP contribution in [0.15, 0.2) is 197 Å².